The molecular weight excluding hydrogens is 176 g/mol. The zero-order chi connectivity index (χ0) is 10.6. The van der Waals surface area contributed by atoms with Crippen molar-refractivity contribution in [2.45, 2.75) is 52.4 Å². The summed E-state index contributed by atoms with van der Waals surface area (Å²) in [4.78, 5) is 11.0. The fraction of sp³-hybridized carbons (Fsp3) is 0.750. The molecule has 0 aromatic rings. The minimum absolute atomic E-state index is 0.112. The third kappa shape index (κ3) is 9.30. The summed E-state index contributed by atoms with van der Waals surface area (Å²) in [5.74, 6) is -0.112. The van der Waals surface area contributed by atoms with Gasteiger partial charge < -0.3 is 4.74 Å². The van der Waals surface area contributed by atoms with Gasteiger partial charge in [-0.3, -0.25) is 4.79 Å². The number of hydrogen-bond donors (Lipinski definition) is 0. The van der Waals surface area contributed by atoms with Crippen LogP contribution >= 0.6 is 0 Å². The Balaban J connectivity index is 3.27. The summed E-state index contributed by atoms with van der Waals surface area (Å²) in [6.45, 7) is 4.72. The number of esters is 1. The van der Waals surface area contributed by atoms with Crippen molar-refractivity contribution in [1.29, 1.82) is 0 Å². The first-order valence-corrected chi connectivity index (χ1v) is 5.61. The molecule has 0 aliphatic rings. The molecule has 0 amide bonds. The van der Waals surface area contributed by atoms with E-state index in [1.54, 1.807) is 0 Å². The maximum atomic E-state index is 11.0. The monoisotopic (exact) mass is 198 g/mol. The summed E-state index contributed by atoms with van der Waals surface area (Å²) in [5, 5.41) is 0. The standard InChI is InChI=1S/C12H22O2/c1-3-5-6-7-8-9-10-12(13)14-11-4-2/h8-9H,3-7,10-11H2,1-2H3/b9-8+. The molecule has 14 heavy (non-hydrogen) atoms. The molecule has 0 rings (SSSR count). The van der Waals surface area contributed by atoms with Gasteiger partial charge in [0, 0.05) is 0 Å². The molecule has 0 aliphatic heterocycles. The van der Waals surface area contributed by atoms with Gasteiger partial charge in [0.25, 0.3) is 0 Å². The molecule has 0 heterocycles. The van der Waals surface area contributed by atoms with Crippen molar-refractivity contribution in [3.05, 3.63) is 12.2 Å². The first-order chi connectivity index (χ1) is 6.81. The maximum absolute atomic E-state index is 11.0. The lowest BCUT2D eigenvalue weighted by Crippen LogP contribution is -2.03. The van der Waals surface area contributed by atoms with Crippen LogP contribution < -0.4 is 0 Å². The van der Waals surface area contributed by atoms with E-state index < -0.39 is 0 Å². The van der Waals surface area contributed by atoms with Crippen molar-refractivity contribution in [2.24, 2.45) is 0 Å². The van der Waals surface area contributed by atoms with Crippen molar-refractivity contribution in [3.8, 4) is 0 Å². The number of ether oxygens (including phenoxy) is 1. The smallest absolute Gasteiger partial charge is 0.309 e. The molecule has 0 atom stereocenters. The Morgan fingerprint density at radius 1 is 1.14 bits per heavy atom. The van der Waals surface area contributed by atoms with Gasteiger partial charge in [0.1, 0.15) is 0 Å². The lowest BCUT2D eigenvalue weighted by Gasteiger charge is -1.98. The first-order valence-electron chi connectivity index (χ1n) is 5.61. The number of carbonyl (C=O) groups excluding carboxylic acids is 1. The van der Waals surface area contributed by atoms with E-state index in [2.05, 4.69) is 13.0 Å². The topological polar surface area (TPSA) is 26.3 Å². The Morgan fingerprint density at radius 2 is 1.93 bits per heavy atom. The average Bonchev–Trinajstić information content (AvgIpc) is 2.20. The summed E-state index contributed by atoms with van der Waals surface area (Å²) in [6, 6.07) is 0. The minimum atomic E-state index is -0.112. The van der Waals surface area contributed by atoms with E-state index in [4.69, 9.17) is 4.74 Å². The van der Waals surface area contributed by atoms with E-state index in [1.807, 2.05) is 13.0 Å². The van der Waals surface area contributed by atoms with Gasteiger partial charge in [-0.1, -0.05) is 38.8 Å². The third-order valence-corrected chi connectivity index (χ3v) is 1.89. The van der Waals surface area contributed by atoms with E-state index in [9.17, 15) is 4.79 Å². The number of unbranched alkanes of at least 4 members (excludes halogenated alkanes) is 3. The third-order valence-electron chi connectivity index (χ3n) is 1.89. The second kappa shape index (κ2) is 10.3. The molecule has 0 saturated heterocycles. The molecule has 0 bridgehead atoms. The Hall–Kier alpha value is -0.790. The zero-order valence-corrected chi connectivity index (χ0v) is 9.42. The van der Waals surface area contributed by atoms with Crippen molar-refractivity contribution in [2.75, 3.05) is 6.61 Å². The van der Waals surface area contributed by atoms with Crippen molar-refractivity contribution < 1.29 is 9.53 Å². The predicted molar refractivity (Wildman–Crippen MR) is 59.1 cm³/mol. The molecule has 0 aliphatic carbocycles. The van der Waals surface area contributed by atoms with Gasteiger partial charge in [0.15, 0.2) is 0 Å². The SMILES string of the molecule is CCCCC/C=C/CC(=O)OCCC. The van der Waals surface area contributed by atoms with E-state index in [0.717, 1.165) is 12.8 Å². The van der Waals surface area contributed by atoms with Crippen LogP contribution in [0.3, 0.4) is 0 Å². The van der Waals surface area contributed by atoms with Gasteiger partial charge in [0.05, 0.1) is 13.0 Å². The molecule has 0 aromatic heterocycles. The summed E-state index contributed by atoms with van der Waals surface area (Å²) < 4.78 is 4.93. The van der Waals surface area contributed by atoms with E-state index in [0.29, 0.717) is 13.0 Å². The number of allylic oxidation sites excluding steroid dienone is 1. The van der Waals surface area contributed by atoms with Crippen LogP contribution in [-0.2, 0) is 9.53 Å². The van der Waals surface area contributed by atoms with Crippen LogP contribution in [0.5, 0.6) is 0 Å². The van der Waals surface area contributed by atoms with Gasteiger partial charge in [-0.05, 0) is 19.3 Å². The summed E-state index contributed by atoms with van der Waals surface area (Å²) in [6.07, 6.45) is 10.1. The molecule has 0 unspecified atom stereocenters. The normalized spacial score (nSPS) is 10.7. The van der Waals surface area contributed by atoms with Crippen LogP contribution in [0.15, 0.2) is 12.2 Å². The lowest BCUT2D eigenvalue weighted by atomic mass is 10.2. The van der Waals surface area contributed by atoms with Crippen molar-refractivity contribution >= 4 is 5.97 Å². The summed E-state index contributed by atoms with van der Waals surface area (Å²) >= 11 is 0. The summed E-state index contributed by atoms with van der Waals surface area (Å²) in [7, 11) is 0. The highest BCUT2D eigenvalue weighted by molar-refractivity contribution is 5.71. The highest BCUT2D eigenvalue weighted by Crippen LogP contribution is 2.00. The van der Waals surface area contributed by atoms with Gasteiger partial charge in [0.2, 0.25) is 0 Å². The summed E-state index contributed by atoms with van der Waals surface area (Å²) in [5.41, 5.74) is 0. The van der Waals surface area contributed by atoms with Gasteiger partial charge in [-0.15, -0.1) is 0 Å². The van der Waals surface area contributed by atoms with Crippen molar-refractivity contribution in [3.63, 3.8) is 0 Å². The van der Waals surface area contributed by atoms with Crippen molar-refractivity contribution in [1.82, 2.24) is 0 Å². The molecule has 0 N–H and O–H groups in total. The van der Waals surface area contributed by atoms with E-state index in [1.165, 1.54) is 19.3 Å². The predicted octanol–water partition coefficient (Wildman–Crippen LogP) is 3.47. The average molecular weight is 198 g/mol. The highest BCUT2D eigenvalue weighted by atomic mass is 16.5. The van der Waals surface area contributed by atoms with Gasteiger partial charge in [-0.25, -0.2) is 0 Å². The molecule has 0 fully saturated rings. The number of rotatable bonds is 8. The van der Waals surface area contributed by atoms with E-state index >= 15 is 0 Å². The molecule has 0 aromatic carbocycles. The molecule has 0 saturated carbocycles. The lowest BCUT2D eigenvalue weighted by molar-refractivity contribution is -0.142. The molecule has 0 spiro atoms. The second-order valence-corrected chi connectivity index (χ2v) is 3.39. The largest absolute Gasteiger partial charge is 0.465 e. The fourth-order valence-corrected chi connectivity index (χ4v) is 1.08. The Morgan fingerprint density at radius 3 is 2.57 bits per heavy atom. The Labute approximate surface area is 87.3 Å². The van der Waals surface area contributed by atoms with Crippen LogP contribution in [-0.4, -0.2) is 12.6 Å². The van der Waals surface area contributed by atoms with Crippen LogP contribution in [0.25, 0.3) is 0 Å². The zero-order valence-electron chi connectivity index (χ0n) is 9.42. The first kappa shape index (κ1) is 13.2. The quantitative estimate of drug-likeness (QED) is 0.339. The fourth-order valence-electron chi connectivity index (χ4n) is 1.08. The van der Waals surface area contributed by atoms with Gasteiger partial charge in [-0.2, -0.15) is 0 Å². The second-order valence-electron chi connectivity index (χ2n) is 3.39. The Kier molecular flexibility index (Phi) is 9.71. The van der Waals surface area contributed by atoms with Crippen LogP contribution in [0.1, 0.15) is 52.4 Å². The van der Waals surface area contributed by atoms with Crippen LogP contribution in [0, 0.1) is 0 Å². The highest BCUT2D eigenvalue weighted by Gasteiger charge is 1.96. The molecule has 0 radical (unpaired) electrons. The molecular formula is C12H22O2. The number of carbonyl (C=O) groups is 1. The molecule has 2 nitrogen and oxygen atoms in total. The maximum Gasteiger partial charge on any atom is 0.309 e. The van der Waals surface area contributed by atoms with Gasteiger partial charge >= 0.3 is 5.97 Å². The van der Waals surface area contributed by atoms with Crippen LogP contribution in [0.4, 0.5) is 0 Å². The molecule has 82 valence electrons. The van der Waals surface area contributed by atoms with Crippen LogP contribution in [0.2, 0.25) is 0 Å². The molecule has 2 heteroatoms. The Bertz CT molecular complexity index is 162. The minimum Gasteiger partial charge on any atom is -0.465 e. The van der Waals surface area contributed by atoms with E-state index in [-0.39, 0.29) is 5.97 Å². The number of hydrogen-bond acceptors (Lipinski definition) is 2.